The molecule has 0 spiro atoms. The van der Waals surface area contributed by atoms with E-state index in [1.54, 1.807) is 30.3 Å². The molecule has 0 saturated heterocycles. The van der Waals surface area contributed by atoms with E-state index in [-0.39, 0.29) is 30.5 Å². The van der Waals surface area contributed by atoms with E-state index in [1.165, 1.54) is 0 Å². The van der Waals surface area contributed by atoms with Crippen LogP contribution in [-0.4, -0.2) is 45.2 Å². The highest BCUT2D eigenvalue weighted by Gasteiger charge is 2.32. The molecule has 0 fully saturated rings. The van der Waals surface area contributed by atoms with Crippen LogP contribution < -0.4 is 4.72 Å². The normalized spacial score (nSPS) is 13.9. The van der Waals surface area contributed by atoms with Crippen molar-refractivity contribution in [1.82, 2.24) is 9.62 Å². The molecule has 138 valence electrons. The topological polar surface area (TPSA) is 69.6 Å². The predicted octanol–water partition coefficient (Wildman–Crippen LogP) is 2.23. The van der Waals surface area contributed by atoms with Gasteiger partial charge in [-0.1, -0.05) is 48.5 Å². The lowest BCUT2D eigenvalue weighted by atomic mass is 9.90. The first kappa shape index (κ1) is 21.6. The van der Waals surface area contributed by atoms with Gasteiger partial charge in [0.1, 0.15) is 0 Å². The molecular formula is C18H25ClN2O3S. The van der Waals surface area contributed by atoms with Crippen molar-refractivity contribution in [2.45, 2.75) is 17.4 Å². The van der Waals surface area contributed by atoms with Crippen molar-refractivity contribution in [1.29, 1.82) is 0 Å². The molecular weight excluding hydrogens is 360 g/mol. The summed E-state index contributed by atoms with van der Waals surface area (Å²) < 4.78 is 27.7. The van der Waals surface area contributed by atoms with Crippen molar-refractivity contribution in [3.63, 3.8) is 0 Å². The fourth-order valence-electron chi connectivity index (χ4n) is 2.57. The maximum absolute atomic E-state index is 12.5. The van der Waals surface area contributed by atoms with Gasteiger partial charge in [0.2, 0.25) is 10.0 Å². The molecule has 0 amide bonds. The van der Waals surface area contributed by atoms with Crippen LogP contribution in [0.25, 0.3) is 0 Å². The molecule has 2 rings (SSSR count). The van der Waals surface area contributed by atoms with Crippen LogP contribution in [-0.2, 0) is 15.6 Å². The molecule has 0 heterocycles. The number of sulfonamides is 1. The zero-order valence-electron chi connectivity index (χ0n) is 14.4. The van der Waals surface area contributed by atoms with Gasteiger partial charge in [-0.2, -0.15) is 0 Å². The molecule has 1 atom stereocenters. The van der Waals surface area contributed by atoms with Crippen LogP contribution in [0.2, 0.25) is 0 Å². The first-order chi connectivity index (χ1) is 11.4. The van der Waals surface area contributed by atoms with Crippen molar-refractivity contribution in [3.8, 4) is 0 Å². The van der Waals surface area contributed by atoms with Crippen molar-refractivity contribution in [3.05, 3.63) is 66.2 Å². The summed E-state index contributed by atoms with van der Waals surface area (Å²) in [7, 11) is -1.71. The molecule has 2 N–H and O–H groups in total. The molecule has 25 heavy (non-hydrogen) atoms. The van der Waals surface area contributed by atoms with Crippen LogP contribution in [0.5, 0.6) is 0 Å². The van der Waals surface area contributed by atoms with E-state index >= 15 is 0 Å². The van der Waals surface area contributed by atoms with E-state index in [4.69, 9.17) is 0 Å². The highest BCUT2D eigenvalue weighted by Crippen LogP contribution is 2.26. The second-order valence-corrected chi connectivity index (χ2v) is 7.69. The Bertz CT molecular complexity index is 741. The number of aliphatic hydroxyl groups is 1. The lowest BCUT2D eigenvalue weighted by Crippen LogP contribution is -2.50. The third-order valence-corrected chi connectivity index (χ3v) is 5.75. The predicted molar refractivity (Wildman–Crippen MR) is 102 cm³/mol. The smallest absolute Gasteiger partial charge is 0.240 e. The second kappa shape index (κ2) is 9.31. The maximum atomic E-state index is 12.5. The van der Waals surface area contributed by atoms with E-state index < -0.39 is 15.6 Å². The van der Waals surface area contributed by atoms with Crippen molar-refractivity contribution < 1.29 is 13.5 Å². The Balaban J connectivity index is 0.00000312. The highest BCUT2D eigenvalue weighted by atomic mass is 35.5. The minimum Gasteiger partial charge on any atom is -0.395 e. The lowest BCUT2D eigenvalue weighted by molar-refractivity contribution is 0.110. The van der Waals surface area contributed by atoms with Crippen molar-refractivity contribution in [2.75, 3.05) is 26.7 Å². The van der Waals surface area contributed by atoms with Gasteiger partial charge in [0.05, 0.1) is 17.0 Å². The summed E-state index contributed by atoms with van der Waals surface area (Å²) in [4.78, 5) is 2.20. The third kappa shape index (κ3) is 5.26. The number of hydrogen-bond donors (Lipinski definition) is 2. The number of nitrogens with one attached hydrogen (secondary N) is 1. The standard InChI is InChI=1S/C18H24N2O3S.ClH/c1-18(20(2)13-14-21,16-9-5-3-6-10-16)15-19-24(22,23)17-11-7-4-8-12-17;/h3-12,19,21H,13-15H2,1-2H3;1H. The number of benzene rings is 2. The largest absolute Gasteiger partial charge is 0.395 e. The van der Waals surface area contributed by atoms with Crippen LogP contribution in [0.4, 0.5) is 0 Å². The molecule has 0 aliphatic heterocycles. The monoisotopic (exact) mass is 384 g/mol. The van der Waals surface area contributed by atoms with Gasteiger partial charge in [-0.05, 0) is 31.7 Å². The van der Waals surface area contributed by atoms with Crippen LogP contribution in [0.3, 0.4) is 0 Å². The minimum atomic E-state index is -3.59. The summed E-state index contributed by atoms with van der Waals surface area (Å²) in [6.45, 7) is 2.61. The zero-order chi connectivity index (χ0) is 17.6. The van der Waals surface area contributed by atoms with Gasteiger partial charge in [0.15, 0.2) is 0 Å². The Hall–Kier alpha value is -1.44. The van der Waals surface area contributed by atoms with Gasteiger partial charge in [-0.25, -0.2) is 13.1 Å². The molecule has 2 aromatic rings. The fourth-order valence-corrected chi connectivity index (χ4v) is 3.72. The molecule has 1 unspecified atom stereocenters. The Morgan fingerprint density at radius 1 is 1.04 bits per heavy atom. The second-order valence-electron chi connectivity index (χ2n) is 5.92. The molecule has 5 nitrogen and oxygen atoms in total. The van der Waals surface area contributed by atoms with Crippen molar-refractivity contribution in [2.24, 2.45) is 0 Å². The van der Waals surface area contributed by atoms with Gasteiger partial charge in [0.25, 0.3) is 0 Å². The van der Waals surface area contributed by atoms with Crippen LogP contribution in [0.15, 0.2) is 65.6 Å². The van der Waals surface area contributed by atoms with Gasteiger partial charge < -0.3 is 5.11 Å². The minimum absolute atomic E-state index is 0. The quantitative estimate of drug-likeness (QED) is 0.732. The van der Waals surface area contributed by atoms with Crippen molar-refractivity contribution >= 4 is 22.4 Å². The van der Waals surface area contributed by atoms with Crippen LogP contribution >= 0.6 is 12.4 Å². The van der Waals surface area contributed by atoms with Gasteiger partial charge >= 0.3 is 0 Å². The summed E-state index contributed by atoms with van der Waals surface area (Å²) in [6, 6.07) is 18.0. The number of halogens is 1. The first-order valence-electron chi connectivity index (χ1n) is 7.82. The average molecular weight is 385 g/mol. The Labute approximate surface area is 156 Å². The van der Waals surface area contributed by atoms with E-state index in [0.717, 1.165) is 5.56 Å². The average Bonchev–Trinajstić information content (AvgIpc) is 2.61. The van der Waals surface area contributed by atoms with Gasteiger partial charge in [-0.15, -0.1) is 12.4 Å². The molecule has 0 aliphatic rings. The Morgan fingerprint density at radius 2 is 1.56 bits per heavy atom. The van der Waals surface area contributed by atoms with E-state index in [9.17, 15) is 13.5 Å². The SMILES string of the molecule is CN(CCO)C(C)(CNS(=O)(=O)c1ccccc1)c1ccccc1.Cl. The van der Waals surface area contributed by atoms with Gasteiger partial charge in [-0.3, -0.25) is 4.90 Å². The summed E-state index contributed by atoms with van der Waals surface area (Å²) in [6.07, 6.45) is 0. The number of likely N-dealkylation sites (N-methyl/N-ethyl adjacent to an activating group) is 1. The van der Waals surface area contributed by atoms with Gasteiger partial charge in [0, 0.05) is 13.1 Å². The fraction of sp³-hybridized carbons (Fsp3) is 0.333. The summed E-state index contributed by atoms with van der Waals surface area (Å²) in [5.74, 6) is 0. The third-order valence-electron chi connectivity index (χ3n) is 4.33. The summed E-state index contributed by atoms with van der Waals surface area (Å²) in [5.41, 5.74) is 0.406. The number of nitrogens with zero attached hydrogens (tertiary/aromatic N) is 1. The zero-order valence-corrected chi connectivity index (χ0v) is 16.1. The van der Waals surface area contributed by atoms with Crippen LogP contribution in [0.1, 0.15) is 12.5 Å². The summed E-state index contributed by atoms with van der Waals surface area (Å²) >= 11 is 0. The number of rotatable bonds is 8. The Kier molecular flexibility index (Phi) is 8.05. The molecule has 0 radical (unpaired) electrons. The first-order valence-corrected chi connectivity index (χ1v) is 9.31. The maximum Gasteiger partial charge on any atom is 0.240 e. The van der Waals surface area contributed by atoms with E-state index in [0.29, 0.717) is 6.54 Å². The van der Waals surface area contributed by atoms with Crippen LogP contribution in [0, 0.1) is 0 Å². The van der Waals surface area contributed by atoms with E-state index in [2.05, 4.69) is 4.72 Å². The van der Waals surface area contributed by atoms with E-state index in [1.807, 2.05) is 49.2 Å². The number of aliphatic hydroxyl groups excluding tert-OH is 1. The molecule has 0 aromatic heterocycles. The molecule has 0 aliphatic carbocycles. The molecule has 7 heteroatoms. The Morgan fingerprint density at radius 3 is 2.08 bits per heavy atom. The summed E-state index contributed by atoms with van der Waals surface area (Å²) in [5, 5.41) is 9.27. The molecule has 0 saturated carbocycles. The number of hydrogen-bond acceptors (Lipinski definition) is 4. The highest BCUT2D eigenvalue weighted by molar-refractivity contribution is 7.89. The molecule has 0 bridgehead atoms. The molecule has 2 aromatic carbocycles. The lowest BCUT2D eigenvalue weighted by Gasteiger charge is -2.39.